The lowest BCUT2D eigenvalue weighted by Crippen LogP contribution is -2.40. The van der Waals surface area contributed by atoms with Crippen molar-refractivity contribution in [2.75, 3.05) is 26.2 Å². The second-order valence-electron chi connectivity index (χ2n) is 4.28. The van der Waals surface area contributed by atoms with Gasteiger partial charge in [0.2, 0.25) is 0 Å². The second-order valence-corrected chi connectivity index (χ2v) is 4.28. The molecule has 0 aromatic heterocycles. The summed E-state index contributed by atoms with van der Waals surface area (Å²) >= 11 is 0. The Kier molecular flexibility index (Phi) is 5.77. The highest BCUT2D eigenvalue weighted by atomic mass is 16.5. The Balaban J connectivity index is 2.27. The van der Waals surface area contributed by atoms with Gasteiger partial charge in [-0.25, -0.2) is 0 Å². The van der Waals surface area contributed by atoms with Crippen molar-refractivity contribution >= 4 is 5.91 Å². The van der Waals surface area contributed by atoms with Crippen LogP contribution in [0, 0.1) is 0 Å². The maximum Gasteiger partial charge on any atom is 0.251 e. The minimum absolute atomic E-state index is 0.1000. The van der Waals surface area contributed by atoms with Crippen molar-refractivity contribution in [3.05, 3.63) is 0 Å². The van der Waals surface area contributed by atoms with Gasteiger partial charge in [-0.1, -0.05) is 0 Å². The number of hydrogen-bond donors (Lipinski definition) is 1. The van der Waals surface area contributed by atoms with Crippen molar-refractivity contribution in [3.63, 3.8) is 0 Å². The summed E-state index contributed by atoms with van der Waals surface area (Å²) in [5.41, 5.74) is 0. The highest BCUT2D eigenvalue weighted by Crippen LogP contribution is 2.07. The maximum absolute atomic E-state index is 11.9. The fraction of sp³-hybridized carbons (Fsp3) is 0.917. The van der Waals surface area contributed by atoms with Crippen LogP contribution in [-0.4, -0.2) is 49.2 Å². The van der Waals surface area contributed by atoms with E-state index in [0.29, 0.717) is 12.6 Å². The van der Waals surface area contributed by atoms with E-state index in [4.69, 9.17) is 4.74 Å². The lowest BCUT2D eigenvalue weighted by molar-refractivity contribution is -0.142. The van der Waals surface area contributed by atoms with E-state index in [0.717, 1.165) is 26.1 Å². The zero-order valence-electron chi connectivity index (χ0n) is 10.7. The molecule has 0 aromatic carbocycles. The van der Waals surface area contributed by atoms with Crippen molar-refractivity contribution in [1.29, 1.82) is 0 Å². The van der Waals surface area contributed by atoms with Gasteiger partial charge in [0.05, 0.1) is 6.61 Å². The Morgan fingerprint density at radius 3 is 2.69 bits per heavy atom. The molecule has 0 saturated carbocycles. The largest absolute Gasteiger partial charge is 0.367 e. The van der Waals surface area contributed by atoms with Gasteiger partial charge in [0.15, 0.2) is 0 Å². The van der Waals surface area contributed by atoms with E-state index in [2.05, 4.69) is 5.32 Å². The van der Waals surface area contributed by atoms with Gasteiger partial charge in [-0.3, -0.25) is 4.79 Å². The average Bonchev–Trinajstić information content (AvgIpc) is 2.80. The molecule has 0 aliphatic carbocycles. The first-order chi connectivity index (χ1) is 7.69. The highest BCUT2D eigenvalue weighted by molar-refractivity contribution is 5.80. The summed E-state index contributed by atoms with van der Waals surface area (Å²) in [4.78, 5) is 13.7. The summed E-state index contributed by atoms with van der Waals surface area (Å²) < 4.78 is 5.62. The standard InChI is InChI=1S/C12H24N2O2/c1-4-14(5-2)12(15)10(3)16-9-11-7-6-8-13-11/h10-11,13H,4-9H2,1-3H3. The number of nitrogens with zero attached hydrogens (tertiary/aromatic N) is 1. The Morgan fingerprint density at radius 1 is 1.50 bits per heavy atom. The molecule has 1 saturated heterocycles. The Bertz CT molecular complexity index is 211. The van der Waals surface area contributed by atoms with Crippen LogP contribution in [0.2, 0.25) is 0 Å². The van der Waals surface area contributed by atoms with Gasteiger partial charge in [0.1, 0.15) is 6.10 Å². The molecule has 2 unspecified atom stereocenters. The highest BCUT2D eigenvalue weighted by Gasteiger charge is 2.21. The van der Waals surface area contributed by atoms with E-state index in [9.17, 15) is 4.79 Å². The van der Waals surface area contributed by atoms with E-state index in [1.165, 1.54) is 6.42 Å². The van der Waals surface area contributed by atoms with Crippen LogP contribution in [0.3, 0.4) is 0 Å². The molecule has 4 heteroatoms. The molecule has 2 atom stereocenters. The predicted octanol–water partition coefficient (Wildman–Crippen LogP) is 1.01. The number of hydrogen-bond acceptors (Lipinski definition) is 3. The van der Waals surface area contributed by atoms with Crippen LogP contribution in [-0.2, 0) is 9.53 Å². The minimum Gasteiger partial charge on any atom is -0.367 e. The fourth-order valence-corrected chi connectivity index (χ4v) is 2.02. The number of carbonyl (C=O) groups excluding carboxylic acids is 1. The summed E-state index contributed by atoms with van der Waals surface area (Å²) in [6, 6.07) is 0.437. The number of ether oxygens (including phenoxy) is 1. The first-order valence-corrected chi connectivity index (χ1v) is 6.32. The van der Waals surface area contributed by atoms with Crippen molar-refractivity contribution in [3.8, 4) is 0 Å². The van der Waals surface area contributed by atoms with Crippen LogP contribution in [0.5, 0.6) is 0 Å². The Hall–Kier alpha value is -0.610. The maximum atomic E-state index is 11.9. The third kappa shape index (κ3) is 3.76. The smallest absolute Gasteiger partial charge is 0.251 e. The third-order valence-corrected chi connectivity index (χ3v) is 3.13. The van der Waals surface area contributed by atoms with Crippen molar-refractivity contribution in [1.82, 2.24) is 10.2 Å². The van der Waals surface area contributed by atoms with Crippen LogP contribution in [0.4, 0.5) is 0 Å². The number of amides is 1. The quantitative estimate of drug-likeness (QED) is 0.738. The van der Waals surface area contributed by atoms with Gasteiger partial charge in [-0.05, 0) is 40.2 Å². The monoisotopic (exact) mass is 228 g/mol. The molecule has 94 valence electrons. The topological polar surface area (TPSA) is 41.6 Å². The molecule has 0 spiro atoms. The summed E-state index contributed by atoms with van der Waals surface area (Å²) in [5.74, 6) is 0.1000. The number of carbonyl (C=O) groups is 1. The molecule has 0 radical (unpaired) electrons. The van der Waals surface area contributed by atoms with Gasteiger partial charge < -0.3 is 15.0 Å². The normalized spacial score (nSPS) is 22.1. The average molecular weight is 228 g/mol. The van der Waals surface area contributed by atoms with Crippen LogP contribution in [0.15, 0.2) is 0 Å². The molecule has 1 aliphatic rings. The molecule has 1 heterocycles. The van der Waals surface area contributed by atoms with E-state index in [1.807, 2.05) is 25.7 Å². The molecule has 1 aliphatic heterocycles. The molecule has 0 bridgehead atoms. The van der Waals surface area contributed by atoms with Crippen LogP contribution in [0.25, 0.3) is 0 Å². The zero-order valence-corrected chi connectivity index (χ0v) is 10.7. The van der Waals surface area contributed by atoms with Gasteiger partial charge in [-0.2, -0.15) is 0 Å². The summed E-state index contributed by atoms with van der Waals surface area (Å²) in [6.07, 6.45) is 2.06. The summed E-state index contributed by atoms with van der Waals surface area (Å²) in [7, 11) is 0. The number of likely N-dealkylation sites (N-methyl/N-ethyl adjacent to an activating group) is 1. The number of rotatable bonds is 6. The first kappa shape index (κ1) is 13.5. The van der Waals surface area contributed by atoms with E-state index in [-0.39, 0.29) is 12.0 Å². The van der Waals surface area contributed by atoms with Crippen molar-refractivity contribution < 1.29 is 9.53 Å². The molecule has 16 heavy (non-hydrogen) atoms. The first-order valence-electron chi connectivity index (χ1n) is 6.32. The van der Waals surface area contributed by atoms with Crippen LogP contribution >= 0.6 is 0 Å². The summed E-state index contributed by atoms with van der Waals surface area (Å²) in [6.45, 7) is 9.06. The predicted molar refractivity (Wildman–Crippen MR) is 64.4 cm³/mol. The van der Waals surface area contributed by atoms with Crippen LogP contribution in [0.1, 0.15) is 33.6 Å². The van der Waals surface area contributed by atoms with Crippen LogP contribution < -0.4 is 5.32 Å². The molecule has 1 rings (SSSR count). The lowest BCUT2D eigenvalue weighted by Gasteiger charge is -2.23. The Labute approximate surface area is 98.3 Å². The van der Waals surface area contributed by atoms with E-state index in [1.54, 1.807) is 0 Å². The fourth-order valence-electron chi connectivity index (χ4n) is 2.02. The van der Waals surface area contributed by atoms with Gasteiger partial charge in [-0.15, -0.1) is 0 Å². The SMILES string of the molecule is CCN(CC)C(=O)C(C)OCC1CCCN1. The van der Waals surface area contributed by atoms with Gasteiger partial charge >= 0.3 is 0 Å². The molecular weight excluding hydrogens is 204 g/mol. The zero-order chi connectivity index (χ0) is 12.0. The minimum atomic E-state index is -0.317. The summed E-state index contributed by atoms with van der Waals surface area (Å²) in [5, 5.41) is 3.36. The van der Waals surface area contributed by atoms with E-state index >= 15 is 0 Å². The van der Waals surface area contributed by atoms with Crippen molar-refractivity contribution in [2.45, 2.75) is 45.8 Å². The molecule has 4 nitrogen and oxygen atoms in total. The van der Waals surface area contributed by atoms with Crippen molar-refractivity contribution in [2.24, 2.45) is 0 Å². The van der Waals surface area contributed by atoms with E-state index < -0.39 is 0 Å². The lowest BCUT2D eigenvalue weighted by atomic mass is 10.2. The third-order valence-electron chi connectivity index (χ3n) is 3.13. The van der Waals surface area contributed by atoms with Gasteiger partial charge in [0, 0.05) is 19.1 Å². The second kappa shape index (κ2) is 6.86. The Morgan fingerprint density at radius 2 is 2.19 bits per heavy atom. The molecule has 1 fully saturated rings. The number of nitrogens with one attached hydrogen (secondary N) is 1. The van der Waals surface area contributed by atoms with Gasteiger partial charge in [0.25, 0.3) is 5.91 Å². The molecule has 0 aromatic rings. The molecular formula is C12H24N2O2. The molecule has 1 N–H and O–H groups in total. The molecule has 1 amide bonds.